The number of alkyl halides is 1. The van der Waals surface area contributed by atoms with Crippen molar-refractivity contribution in [1.29, 1.82) is 0 Å². The number of aryl methyl sites for hydroxylation is 1. The molecule has 33 heavy (non-hydrogen) atoms. The van der Waals surface area contributed by atoms with E-state index in [-0.39, 0.29) is 12.1 Å². The molecule has 0 saturated heterocycles. The van der Waals surface area contributed by atoms with Gasteiger partial charge in [0, 0.05) is 35.5 Å². The van der Waals surface area contributed by atoms with Crippen LogP contribution in [0.3, 0.4) is 0 Å². The summed E-state index contributed by atoms with van der Waals surface area (Å²) in [6.07, 6.45) is 8.43. The Balaban J connectivity index is 1.50. The van der Waals surface area contributed by atoms with E-state index in [1.54, 1.807) is 10.8 Å². The van der Waals surface area contributed by atoms with E-state index in [1.165, 1.54) is 31.7 Å². The summed E-state index contributed by atoms with van der Waals surface area (Å²) in [5, 5.41) is 4.93. The van der Waals surface area contributed by atoms with Gasteiger partial charge in [-0.3, -0.25) is 0 Å². The van der Waals surface area contributed by atoms with Gasteiger partial charge in [0.1, 0.15) is 29.8 Å². The van der Waals surface area contributed by atoms with Gasteiger partial charge in [0.2, 0.25) is 0 Å². The molecule has 0 aliphatic heterocycles. The van der Waals surface area contributed by atoms with Crippen LogP contribution >= 0.6 is 0 Å². The number of H-pyrrole nitrogens is 1. The number of aromatic nitrogens is 4. The maximum Gasteiger partial charge on any atom is 0.166 e. The zero-order chi connectivity index (χ0) is 22.7. The molecule has 2 bridgehead atoms. The number of anilines is 1. The molecule has 3 saturated carbocycles. The van der Waals surface area contributed by atoms with Crippen molar-refractivity contribution in [2.45, 2.75) is 45.2 Å². The molecule has 3 aliphatic carbocycles. The largest absolute Gasteiger partial charge is 0.366 e. The third-order valence-electron chi connectivity index (χ3n) is 7.83. The van der Waals surface area contributed by atoms with Gasteiger partial charge >= 0.3 is 0 Å². The average molecular weight is 454 g/mol. The van der Waals surface area contributed by atoms with Gasteiger partial charge in [0.05, 0.1) is 17.4 Å². The molecule has 3 aromatic heterocycles. The summed E-state index contributed by atoms with van der Waals surface area (Å²) in [4.78, 5) is 12.4. The average Bonchev–Trinajstić information content (AvgIpc) is 3.41. The summed E-state index contributed by atoms with van der Waals surface area (Å²) in [6.45, 7) is 1.98. The molecule has 172 valence electrons. The third-order valence-corrected chi connectivity index (χ3v) is 7.83. The van der Waals surface area contributed by atoms with Crippen molar-refractivity contribution in [1.82, 2.24) is 19.5 Å². The monoisotopic (exact) mass is 453 g/mol. The van der Waals surface area contributed by atoms with E-state index in [2.05, 4.69) is 17.2 Å². The Kier molecular flexibility index (Phi) is 4.85. The smallest absolute Gasteiger partial charge is 0.166 e. The quantitative estimate of drug-likeness (QED) is 0.386. The molecule has 2 atom stereocenters. The molecule has 3 aliphatic rings. The molecule has 4 aromatic rings. The SMILES string of the molecule is C[C@@H]1C2CCC(CC2)[C@H]1Nc1nc(-c2c[nH]c3c(F)cc(F)cc23)nc2c1ccn2CCF. The van der Waals surface area contributed by atoms with Gasteiger partial charge in [0.25, 0.3) is 0 Å². The van der Waals surface area contributed by atoms with Gasteiger partial charge < -0.3 is 14.9 Å². The lowest BCUT2D eigenvalue weighted by atomic mass is 9.62. The minimum absolute atomic E-state index is 0.182. The highest BCUT2D eigenvalue weighted by atomic mass is 19.1. The summed E-state index contributed by atoms with van der Waals surface area (Å²) in [5.41, 5.74) is 1.33. The van der Waals surface area contributed by atoms with Crippen molar-refractivity contribution < 1.29 is 13.2 Å². The van der Waals surface area contributed by atoms with Gasteiger partial charge in [0.15, 0.2) is 5.82 Å². The van der Waals surface area contributed by atoms with E-state index < -0.39 is 18.3 Å². The number of fused-ring (bicyclic) bond motifs is 5. The predicted octanol–water partition coefficient (Wildman–Crippen LogP) is 6.06. The van der Waals surface area contributed by atoms with Gasteiger partial charge in [-0.1, -0.05) is 6.92 Å². The summed E-state index contributed by atoms with van der Waals surface area (Å²) < 4.78 is 43.3. The summed E-state index contributed by atoms with van der Waals surface area (Å²) >= 11 is 0. The van der Waals surface area contributed by atoms with Gasteiger partial charge in [-0.15, -0.1) is 0 Å². The van der Waals surface area contributed by atoms with Crippen LogP contribution in [0.4, 0.5) is 19.0 Å². The molecule has 5 nitrogen and oxygen atoms in total. The van der Waals surface area contributed by atoms with Crippen molar-refractivity contribution >= 4 is 27.8 Å². The number of halogens is 3. The molecule has 0 radical (unpaired) electrons. The molecular formula is C25H26F3N5. The normalized spacial score (nSPS) is 24.7. The molecule has 0 amide bonds. The zero-order valence-corrected chi connectivity index (χ0v) is 18.4. The fourth-order valence-electron chi connectivity index (χ4n) is 6.07. The molecule has 2 N–H and O–H groups in total. The first-order valence-electron chi connectivity index (χ1n) is 11.7. The van der Waals surface area contributed by atoms with Crippen LogP contribution in [0.15, 0.2) is 30.6 Å². The Labute approximate surface area is 189 Å². The Morgan fingerprint density at radius 2 is 1.88 bits per heavy atom. The second kappa shape index (κ2) is 7.78. The Hall–Kier alpha value is -3.03. The Morgan fingerprint density at radius 1 is 1.09 bits per heavy atom. The number of nitrogens with one attached hydrogen (secondary N) is 2. The van der Waals surface area contributed by atoms with Crippen molar-refractivity contribution in [3.8, 4) is 11.4 Å². The van der Waals surface area contributed by atoms with E-state index >= 15 is 0 Å². The minimum atomic E-state index is -0.663. The lowest BCUT2D eigenvalue weighted by molar-refractivity contribution is 0.0929. The molecule has 0 spiro atoms. The number of benzene rings is 1. The number of nitrogens with zero attached hydrogens (tertiary/aromatic N) is 3. The van der Waals surface area contributed by atoms with Crippen LogP contribution in [0.25, 0.3) is 33.3 Å². The van der Waals surface area contributed by atoms with E-state index in [4.69, 9.17) is 9.97 Å². The molecule has 0 unspecified atom stereocenters. The standard InChI is InChI=1S/C25H26F3N5/c1-13-14-2-4-15(5-3-14)21(13)30-23-17-6-8-33(9-7-26)25(17)32-24(31-23)19-12-29-22-18(19)10-16(27)11-20(22)28/h6,8,10-15,21,29H,2-5,7,9H2,1H3,(H,30,31,32)/t13-,14?,15?,21+/m1/s1. The van der Waals surface area contributed by atoms with Crippen LogP contribution in [0.2, 0.25) is 0 Å². The van der Waals surface area contributed by atoms with Gasteiger partial charge in [-0.25, -0.2) is 23.1 Å². The van der Waals surface area contributed by atoms with Crippen LogP contribution in [-0.4, -0.2) is 32.2 Å². The van der Waals surface area contributed by atoms with Crippen LogP contribution in [-0.2, 0) is 6.54 Å². The number of hydrogen-bond donors (Lipinski definition) is 2. The van der Waals surface area contributed by atoms with Crippen LogP contribution in [0, 0.1) is 29.4 Å². The fraction of sp³-hybridized carbons (Fsp3) is 0.440. The molecular weight excluding hydrogens is 427 g/mol. The second-order valence-corrected chi connectivity index (χ2v) is 9.55. The summed E-state index contributed by atoms with van der Waals surface area (Å²) in [5.74, 6) is 1.59. The first kappa shape index (κ1) is 20.6. The maximum atomic E-state index is 14.3. The van der Waals surface area contributed by atoms with E-state index in [0.29, 0.717) is 46.1 Å². The zero-order valence-electron chi connectivity index (χ0n) is 18.4. The lowest BCUT2D eigenvalue weighted by Crippen LogP contribution is -2.47. The van der Waals surface area contributed by atoms with Crippen molar-refractivity contribution in [2.75, 3.05) is 12.0 Å². The van der Waals surface area contributed by atoms with Crippen molar-refractivity contribution in [3.63, 3.8) is 0 Å². The molecule has 1 aromatic carbocycles. The van der Waals surface area contributed by atoms with Gasteiger partial charge in [-0.05, 0) is 55.6 Å². The molecule has 7 rings (SSSR count). The summed E-state index contributed by atoms with van der Waals surface area (Å²) in [6, 6.07) is 4.36. The van der Waals surface area contributed by atoms with Gasteiger partial charge in [-0.2, -0.15) is 0 Å². The molecule has 8 heteroatoms. The predicted molar refractivity (Wildman–Crippen MR) is 123 cm³/mol. The second-order valence-electron chi connectivity index (χ2n) is 9.55. The highest BCUT2D eigenvalue weighted by Crippen LogP contribution is 2.46. The first-order valence-corrected chi connectivity index (χ1v) is 11.7. The van der Waals surface area contributed by atoms with E-state index in [9.17, 15) is 13.2 Å². The lowest BCUT2D eigenvalue weighted by Gasteiger charge is -2.47. The first-order chi connectivity index (χ1) is 16.0. The van der Waals surface area contributed by atoms with Crippen LogP contribution in [0.1, 0.15) is 32.6 Å². The Morgan fingerprint density at radius 3 is 2.64 bits per heavy atom. The van der Waals surface area contributed by atoms with Crippen molar-refractivity contribution in [2.24, 2.45) is 17.8 Å². The van der Waals surface area contributed by atoms with Crippen LogP contribution in [0.5, 0.6) is 0 Å². The molecule has 3 heterocycles. The number of hydrogen-bond acceptors (Lipinski definition) is 3. The van der Waals surface area contributed by atoms with E-state index in [0.717, 1.165) is 17.4 Å². The number of aromatic amines is 1. The summed E-state index contributed by atoms with van der Waals surface area (Å²) in [7, 11) is 0. The minimum Gasteiger partial charge on any atom is -0.366 e. The fourth-order valence-corrected chi connectivity index (χ4v) is 6.07. The maximum absolute atomic E-state index is 14.3. The number of rotatable bonds is 5. The highest BCUT2D eigenvalue weighted by Gasteiger charge is 2.41. The third kappa shape index (κ3) is 3.30. The van der Waals surface area contributed by atoms with Crippen LogP contribution < -0.4 is 5.32 Å². The van der Waals surface area contributed by atoms with E-state index in [1.807, 2.05) is 12.3 Å². The Bertz CT molecular complexity index is 1330. The molecule has 3 fully saturated rings. The van der Waals surface area contributed by atoms with Crippen molar-refractivity contribution in [3.05, 3.63) is 42.2 Å². The topological polar surface area (TPSA) is 58.5 Å². The highest BCUT2D eigenvalue weighted by molar-refractivity contribution is 5.96.